The predicted molar refractivity (Wildman–Crippen MR) is 158 cm³/mol. The van der Waals surface area contributed by atoms with Crippen LogP contribution in [-0.2, 0) is 9.53 Å². The largest absolute Gasteiger partial charge is 0.459 e. The summed E-state index contributed by atoms with van der Waals surface area (Å²) in [5, 5.41) is 0. The molecule has 4 aliphatic rings. The quantitative estimate of drug-likeness (QED) is 0.195. The second-order valence-corrected chi connectivity index (χ2v) is 14.3. The monoisotopic (exact) mass is 516 g/mol. The second-order valence-electron chi connectivity index (χ2n) is 14.3. The second kappa shape index (κ2) is 11.3. The van der Waals surface area contributed by atoms with E-state index >= 15 is 0 Å². The Bertz CT molecular complexity index is 1020. The Kier molecular flexibility index (Phi) is 8.28. The minimum atomic E-state index is -0.204. The maximum absolute atomic E-state index is 12.6. The first kappa shape index (κ1) is 27.7. The molecule has 5 rings (SSSR count). The molecule has 0 N–H and O–H groups in total. The van der Waals surface area contributed by atoms with Gasteiger partial charge >= 0.3 is 5.97 Å². The minimum absolute atomic E-state index is 0.0233. The Labute approximate surface area is 232 Å². The zero-order valence-corrected chi connectivity index (χ0v) is 24.8. The van der Waals surface area contributed by atoms with Crippen molar-refractivity contribution in [3.63, 3.8) is 0 Å². The topological polar surface area (TPSA) is 26.3 Å². The van der Waals surface area contributed by atoms with Gasteiger partial charge in [-0.05, 0) is 103 Å². The molecule has 0 unspecified atom stereocenters. The van der Waals surface area contributed by atoms with Crippen molar-refractivity contribution in [2.24, 2.45) is 46.3 Å². The van der Waals surface area contributed by atoms with Crippen molar-refractivity contribution in [1.29, 1.82) is 0 Å². The molecule has 0 spiro atoms. The van der Waals surface area contributed by atoms with Gasteiger partial charge in [-0.2, -0.15) is 0 Å². The summed E-state index contributed by atoms with van der Waals surface area (Å²) in [6.07, 6.45) is 20.3. The first-order chi connectivity index (χ1) is 18.2. The average Bonchev–Trinajstić information content (AvgIpc) is 3.25. The van der Waals surface area contributed by atoms with E-state index in [-0.39, 0.29) is 12.1 Å². The Hall–Kier alpha value is -1.83. The third-order valence-corrected chi connectivity index (χ3v) is 11.8. The van der Waals surface area contributed by atoms with Crippen LogP contribution in [0.15, 0.2) is 48.1 Å². The van der Waals surface area contributed by atoms with E-state index < -0.39 is 0 Å². The normalized spacial score (nSPS) is 37.3. The molecule has 2 heteroatoms. The van der Waals surface area contributed by atoms with Gasteiger partial charge in [-0.25, -0.2) is 4.79 Å². The van der Waals surface area contributed by atoms with Crippen molar-refractivity contribution in [3.8, 4) is 0 Å². The van der Waals surface area contributed by atoms with Gasteiger partial charge in [0.2, 0.25) is 0 Å². The first-order valence-corrected chi connectivity index (χ1v) is 15.8. The molecule has 0 amide bonds. The van der Waals surface area contributed by atoms with E-state index in [9.17, 15) is 4.79 Å². The molecule has 208 valence electrons. The lowest BCUT2D eigenvalue weighted by atomic mass is 9.47. The standard InChI is InChI=1S/C36H52O2/c1-25(2)10-9-11-26(3)31-17-18-32-30-16-15-28-24-29(38-34(37)19-14-27-12-7-6-8-13-27)20-22-35(28,4)33(30)21-23-36(31,32)5/h6-8,12-15,19,25-26,29-33H,9-11,16-18,20-24H2,1-5H3/t26-,29+,30-,31+,32+,33-,35+,36-/m1/s1. The van der Waals surface area contributed by atoms with Crippen molar-refractivity contribution in [2.75, 3.05) is 0 Å². The number of carbonyl (C=O) groups excluding carboxylic acids is 1. The maximum Gasteiger partial charge on any atom is 0.331 e. The van der Waals surface area contributed by atoms with E-state index in [4.69, 9.17) is 4.74 Å². The Balaban J connectivity index is 1.22. The van der Waals surface area contributed by atoms with Gasteiger partial charge in [0.25, 0.3) is 0 Å². The molecule has 0 radical (unpaired) electrons. The molecule has 2 nitrogen and oxygen atoms in total. The highest BCUT2D eigenvalue weighted by Crippen LogP contribution is 2.67. The zero-order valence-electron chi connectivity index (χ0n) is 24.8. The Morgan fingerprint density at radius 1 is 1.00 bits per heavy atom. The van der Waals surface area contributed by atoms with Gasteiger partial charge in [-0.3, -0.25) is 0 Å². The molecule has 0 bridgehead atoms. The summed E-state index contributed by atoms with van der Waals surface area (Å²) in [4.78, 5) is 12.6. The third kappa shape index (κ3) is 5.44. The van der Waals surface area contributed by atoms with E-state index in [0.717, 1.165) is 53.9 Å². The van der Waals surface area contributed by atoms with Crippen LogP contribution in [0.4, 0.5) is 0 Å². The number of rotatable bonds is 8. The highest BCUT2D eigenvalue weighted by Gasteiger charge is 2.59. The van der Waals surface area contributed by atoms with Crippen LogP contribution < -0.4 is 0 Å². The molecule has 1 aromatic rings. The summed E-state index contributed by atoms with van der Waals surface area (Å²) in [6, 6.07) is 9.99. The van der Waals surface area contributed by atoms with Crippen LogP contribution in [0.25, 0.3) is 6.08 Å². The summed E-state index contributed by atoms with van der Waals surface area (Å²) in [5.41, 5.74) is 3.46. The van der Waals surface area contributed by atoms with E-state index in [2.05, 4.69) is 40.7 Å². The third-order valence-electron chi connectivity index (χ3n) is 11.8. The van der Waals surface area contributed by atoms with Gasteiger partial charge in [0.15, 0.2) is 0 Å². The molecule has 0 aromatic heterocycles. The molecule has 4 aliphatic carbocycles. The van der Waals surface area contributed by atoms with Crippen LogP contribution in [0, 0.1) is 46.3 Å². The van der Waals surface area contributed by atoms with Crippen molar-refractivity contribution < 1.29 is 9.53 Å². The fourth-order valence-electron chi connectivity index (χ4n) is 9.68. The van der Waals surface area contributed by atoms with Crippen LogP contribution >= 0.6 is 0 Å². The van der Waals surface area contributed by atoms with Crippen LogP contribution in [-0.4, -0.2) is 12.1 Å². The van der Waals surface area contributed by atoms with Crippen LogP contribution in [0.2, 0.25) is 0 Å². The molecule has 38 heavy (non-hydrogen) atoms. The van der Waals surface area contributed by atoms with Gasteiger partial charge in [-0.15, -0.1) is 0 Å². The molecule has 3 fully saturated rings. The fraction of sp³-hybridized carbons (Fsp3) is 0.694. The van der Waals surface area contributed by atoms with Gasteiger partial charge in [0, 0.05) is 12.5 Å². The summed E-state index contributed by atoms with van der Waals surface area (Å²) in [7, 11) is 0. The molecule has 0 aliphatic heterocycles. The van der Waals surface area contributed by atoms with E-state index in [1.54, 1.807) is 11.6 Å². The molecular formula is C36H52O2. The van der Waals surface area contributed by atoms with Gasteiger partial charge in [0.05, 0.1) is 0 Å². The number of hydrogen-bond donors (Lipinski definition) is 0. The lowest BCUT2D eigenvalue weighted by Gasteiger charge is -2.58. The number of allylic oxidation sites excluding steroid dienone is 1. The van der Waals surface area contributed by atoms with Crippen molar-refractivity contribution in [2.45, 2.75) is 111 Å². The number of esters is 1. The number of ether oxygens (including phenoxy) is 1. The van der Waals surface area contributed by atoms with Gasteiger partial charge in [0.1, 0.15) is 6.10 Å². The smallest absolute Gasteiger partial charge is 0.331 e. The van der Waals surface area contributed by atoms with Crippen LogP contribution in [0.5, 0.6) is 0 Å². The highest BCUT2D eigenvalue weighted by molar-refractivity contribution is 5.87. The summed E-state index contributed by atoms with van der Waals surface area (Å²) in [6.45, 7) is 12.6. The molecule has 8 atom stereocenters. The Morgan fingerprint density at radius 2 is 1.79 bits per heavy atom. The lowest BCUT2D eigenvalue weighted by molar-refractivity contribution is -0.145. The molecule has 3 saturated carbocycles. The number of fused-ring (bicyclic) bond motifs is 5. The van der Waals surface area contributed by atoms with Gasteiger partial charge < -0.3 is 4.74 Å². The minimum Gasteiger partial charge on any atom is -0.459 e. The average molecular weight is 517 g/mol. The molecule has 0 heterocycles. The van der Waals surface area contributed by atoms with E-state index in [0.29, 0.717) is 10.8 Å². The lowest BCUT2D eigenvalue weighted by Crippen LogP contribution is -2.51. The summed E-state index contributed by atoms with van der Waals surface area (Å²) in [5.74, 6) is 4.97. The Morgan fingerprint density at radius 3 is 2.55 bits per heavy atom. The van der Waals surface area contributed by atoms with Crippen LogP contribution in [0.1, 0.15) is 111 Å². The molecular weight excluding hydrogens is 464 g/mol. The number of benzene rings is 1. The first-order valence-electron chi connectivity index (χ1n) is 15.8. The SMILES string of the molecule is CC(C)CCC[C@@H](C)[C@@H]1CC[C@H]2[C@H]3CC=C4C[C@@H](OC(=O)C=Cc5ccccc5)CC[C@]4(C)[C@@H]3CC[C@@]21C. The van der Waals surface area contributed by atoms with E-state index in [1.165, 1.54) is 57.8 Å². The van der Waals surface area contributed by atoms with Crippen LogP contribution in [0.3, 0.4) is 0 Å². The van der Waals surface area contributed by atoms with Gasteiger partial charge in [-0.1, -0.05) is 95.9 Å². The molecule has 0 saturated heterocycles. The summed E-state index contributed by atoms with van der Waals surface area (Å²) < 4.78 is 5.95. The zero-order chi connectivity index (χ0) is 26.9. The molecule has 1 aromatic carbocycles. The predicted octanol–water partition coefficient (Wildman–Crippen LogP) is 9.65. The fourth-order valence-corrected chi connectivity index (χ4v) is 9.68. The van der Waals surface area contributed by atoms with Crippen molar-refractivity contribution in [3.05, 3.63) is 53.6 Å². The van der Waals surface area contributed by atoms with Crippen molar-refractivity contribution in [1.82, 2.24) is 0 Å². The highest BCUT2D eigenvalue weighted by atomic mass is 16.5. The number of carbonyl (C=O) groups is 1. The summed E-state index contributed by atoms with van der Waals surface area (Å²) >= 11 is 0. The maximum atomic E-state index is 12.6. The number of hydrogen-bond acceptors (Lipinski definition) is 2. The van der Waals surface area contributed by atoms with E-state index in [1.807, 2.05) is 36.4 Å². The van der Waals surface area contributed by atoms with Crippen molar-refractivity contribution >= 4 is 12.0 Å².